The van der Waals surface area contributed by atoms with Crippen LogP contribution >= 0.6 is 0 Å². The van der Waals surface area contributed by atoms with Crippen molar-refractivity contribution in [3.8, 4) is 11.1 Å². The van der Waals surface area contributed by atoms with Gasteiger partial charge in [0, 0.05) is 17.1 Å². The lowest BCUT2D eigenvalue weighted by atomic mass is 9.93. The Morgan fingerprint density at radius 1 is 0.433 bits per heavy atom. The highest BCUT2D eigenvalue weighted by Crippen LogP contribution is 2.36. The van der Waals surface area contributed by atoms with Crippen LogP contribution in [0.15, 0.2) is 121 Å². The third-order valence-corrected chi connectivity index (χ3v) is 5.35. The second-order valence-electron chi connectivity index (χ2n) is 7.37. The fourth-order valence-corrected chi connectivity index (χ4v) is 3.85. The number of nitrogens with zero attached hydrogens (tertiary/aromatic N) is 1. The van der Waals surface area contributed by atoms with Crippen molar-refractivity contribution in [3.05, 3.63) is 121 Å². The van der Waals surface area contributed by atoms with E-state index in [1.54, 1.807) is 0 Å². The third-order valence-electron chi connectivity index (χ3n) is 5.35. The molecular formula is C28H20BN. The summed E-state index contributed by atoms with van der Waals surface area (Å²) in [4.78, 5) is 2.28. The Morgan fingerprint density at radius 2 is 0.967 bits per heavy atom. The summed E-state index contributed by atoms with van der Waals surface area (Å²) in [5.74, 6) is 0. The smallest absolute Gasteiger partial charge is 0.113 e. The second kappa shape index (κ2) is 7.92. The molecule has 0 saturated heterocycles. The molecule has 0 aliphatic carbocycles. The molecule has 0 saturated carbocycles. The molecule has 0 amide bonds. The fraction of sp³-hybridized carbons (Fsp3) is 0. The first kappa shape index (κ1) is 18.3. The van der Waals surface area contributed by atoms with Crippen LogP contribution in [0.5, 0.6) is 0 Å². The predicted octanol–water partition coefficient (Wildman–Crippen LogP) is 6.77. The van der Waals surface area contributed by atoms with Crippen LogP contribution in [0.4, 0.5) is 17.1 Å². The van der Waals surface area contributed by atoms with Gasteiger partial charge >= 0.3 is 0 Å². The van der Waals surface area contributed by atoms with E-state index in [-0.39, 0.29) is 0 Å². The van der Waals surface area contributed by atoms with Gasteiger partial charge in [0.25, 0.3) is 0 Å². The lowest BCUT2D eigenvalue weighted by Crippen LogP contribution is -2.10. The van der Waals surface area contributed by atoms with Crippen molar-refractivity contribution in [2.75, 3.05) is 4.90 Å². The van der Waals surface area contributed by atoms with E-state index in [0.717, 1.165) is 27.9 Å². The number of rotatable bonds is 4. The van der Waals surface area contributed by atoms with Crippen molar-refractivity contribution in [3.63, 3.8) is 0 Å². The maximum atomic E-state index is 5.96. The monoisotopic (exact) mass is 381 g/mol. The molecule has 5 rings (SSSR count). The minimum Gasteiger partial charge on any atom is -0.310 e. The highest BCUT2D eigenvalue weighted by molar-refractivity contribution is 6.33. The highest BCUT2D eigenvalue weighted by Gasteiger charge is 2.13. The van der Waals surface area contributed by atoms with E-state index in [1.807, 2.05) is 24.3 Å². The van der Waals surface area contributed by atoms with Crippen molar-refractivity contribution in [1.29, 1.82) is 0 Å². The zero-order valence-electron chi connectivity index (χ0n) is 16.6. The summed E-state index contributed by atoms with van der Waals surface area (Å²) in [7, 11) is 5.96. The van der Waals surface area contributed by atoms with Gasteiger partial charge in [-0.15, -0.1) is 0 Å². The number of benzene rings is 5. The Morgan fingerprint density at radius 3 is 1.70 bits per heavy atom. The Kier molecular flexibility index (Phi) is 4.82. The van der Waals surface area contributed by atoms with Crippen LogP contribution in [0.2, 0.25) is 0 Å². The SMILES string of the molecule is [B]c1ccc2cc(N(c3ccccc3)c3ccc(-c4ccccc4)cc3)ccc2c1. The van der Waals surface area contributed by atoms with Crippen LogP contribution in [-0.4, -0.2) is 7.85 Å². The zero-order chi connectivity index (χ0) is 20.3. The fourth-order valence-electron chi connectivity index (χ4n) is 3.85. The molecule has 2 heteroatoms. The number of fused-ring (bicyclic) bond motifs is 1. The molecule has 5 aromatic rings. The third kappa shape index (κ3) is 3.60. The van der Waals surface area contributed by atoms with Crippen LogP contribution in [-0.2, 0) is 0 Å². The first-order valence-corrected chi connectivity index (χ1v) is 10.1. The van der Waals surface area contributed by atoms with Crippen LogP contribution in [0.3, 0.4) is 0 Å². The summed E-state index contributed by atoms with van der Waals surface area (Å²) >= 11 is 0. The van der Waals surface area contributed by atoms with Crippen molar-refractivity contribution in [1.82, 2.24) is 0 Å². The van der Waals surface area contributed by atoms with Crippen molar-refractivity contribution in [2.24, 2.45) is 0 Å². The molecule has 0 atom stereocenters. The first-order valence-electron chi connectivity index (χ1n) is 10.1. The van der Waals surface area contributed by atoms with Gasteiger partial charge in [-0.05, 0) is 58.3 Å². The Hall–Kier alpha value is -3.78. The molecule has 0 unspecified atom stereocenters. The van der Waals surface area contributed by atoms with Gasteiger partial charge in [-0.2, -0.15) is 0 Å². The number of para-hydroxylation sites is 1. The lowest BCUT2D eigenvalue weighted by Gasteiger charge is -2.26. The van der Waals surface area contributed by atoms with Gasteiger partial charge in [0.2, 0.25) is 0 Å². The summed E-state index contributed by atoms with van der Waals surface area (Å²) in [5.41, 5.74) is 6.58. The molecular weight excluding hydrogens is 361 g/mol. The van der Waals surface area contributed by atoms with Gasteiger partial charge < -0.3 is 4.90 Å². The topological polar surface area (TPSA) is 3.24 Å². The standard InChI is InChI=1S/C28H20BN/c29-25-15-11-24-20-28(18-14-23(24)19-25)30(26-9-5-2-6-10-26)27-16-12-22(13-17-27)21-7-3-1-4-8-21/h1-20H. The van der Waals surface area contributed by atoms with Crippen LogP contribution in [0.1, 0.15) is 0 Å². The van der Waals surface area contributed by atoms with E-state index in [0.29, 0.717) is 0 Å². The number of hydrogen-bond acceptors (Lipinski definition) is 1. The number of hydrogen-bond donors (Lipinski definition) is 0. The van der Waals surface area contributed by atoms with Gasteiger partial charge in [0.05, 0.1) is 0 Å². The normalized spacial score (nSPS) is 10.8. The molecule has 0 N–H and O–H groups in total. The van der Waals surface area contributed by atoms with Crippen molar-refractivity contribution >= 4 is 41.1 Å². The summed E-state index contributed by atoms with van der Waals surface area (Å²) in [6, 6.07) is 42.2. The minimum atomic E-state index is 0.784. The Labute approximate surface area is 178 Å². The summed E-state index contributed by atoms with van der Waals surface area (Å²) < 4.78 is 0. The van der Waals surface area contributed by atoms with Gasteiger partial charge in [0.15, 0.2) is 0 Å². The van der Waals surface area contributed by atoms with E-state index in [2.05, 4.69) is 102 Å². The van der Waals surface area contributed by atoms with E-state index in [9.17, 15) is 0 Å². The van der Waals surface area contributed by atoms with Gasteiger partial charge in [0.1, 0.15) is 7.85 Å². The van der Waals surface area contributed by atoms with Crippen molar-refractivity contribution < 1.29 is 0 Å². The largest absolute Gasteiger partial charge is 0.310 e. The molecule has 5 aromatic carbocycles. The summed E-state index contributed by atoms with van der Waals surface area (Å²) in [6.45, 7) is 0. The molecule has 0 spiro atoms. The predicted molar refractivity (Wildman–Crippen MR) is 129 cm³/mol. The molecule has 0 fully saturated rings. The maximum absolute atomic E-state index is 5.96. The maximum Gasteiger partial charge on any atom is 0.113 e. The molecule has 0 aliphatic rings. The average Bonchev–Trinajstić information content (AvgIpc) is 2.81. The minimum absolute atomic E-state index is 0.784. The van der Waals surface area contributed by atoms with Crippen LogP contribution in [0, 0.1) is 0 Å². The van der Waals surface area contributed by atoms with Crippen LogP contribution in [0.25, 0.3) is 21.9 Å². The van der Waals surface area contributed by atoms with Crippen LogP contribution < -0.4 is 10.4 Å². The zero-order valence-corrected chi connectivity index (χ0v) is 16.6. The van der Waals surface area contributed by atoms with Gasteiger partial charge in [-0.3, -0.25) is 0 Å². The average molecular weight is 381 g/mol. The van der Waals surface area contributed by atoms with Crippen molar-refractivity contribution in [2.45, 2.75) is 0 Å². The molecule has 0 aromatic heterocycles. The van der Waals surface area contributed by atoms with Gasteiger partial charge in [-0.25, -0.2) is 0 Å². The second-order valence-corrected chi connectivity index (χ2v) is 7.37. The molecule has 30 heavy (non-hydrogen) atoms. The first-order chi connectivity index (χ1) is 14.8. The van der Waals surface area contributed by atoms with E-state index >= 15 is 0 Å². The number of anilines is 3. The Balaban J connectivity index is 1.60. The van der Waals surface area contributed by atoms with E-state index in [4.69, 9.17) is 7.85 Å². The highest BCUT2D eigenvalue weighted by atomic mass is 15.1. The molecule has 0 aliphatic heterocycles. The van der Waals surface area contributed by atoms with E-state index < -0.39 is 0 Å². The molecule has 0 heterocycles. The summed E-state index contributed by atoms with van der Waals surface area (Å²) in [6.07, 6.45) is 0. The lowest BCUT2D eigenvalue weighted by molar-refractivity contribution is 1.29. The van der Waals surface area contributed by atoms with E-state index in [1.165, 1.54) is 16.5 Å². The molecule has 1 nitrogen and oxygen atoms in total. The Bertz CT molecular complexity index is 1280. The molecule has 140 valence electrons. The van der Waals surface area contributed by atoms with Gasteiger partial charge in [-0.1, -0.05) is 90.4 Å². The quantitative estimate of drug-likeness (QED) is 0.311. The molecule has 0 bridgehead atoms. The molecule has 2 radical (unpaired) electrons. The summed E-state index contributed by atoms with van der Waals surface area (Å²) in [5, 5.41) is 2.31.